The van der Waals surface area contributed by atoms with Crippen molar-refractivity contribution in [2.45, 2.75) is 26.6 Å². The molecule has 28 heavy (non-hydrogen) atoms. The minimum Gasteiger partial charge on any atom is -0.377 e. The molecule has 1 heterocycles. The maximum Gasteiger partial charge on any atom is 0.100 e. The van der Waals surface area contributed by atoms with Gasteiger partial charge in [0.25, 0.3) is 0 Å². The fraction of sp³-hybridized carbons (Fsp3) is 0.208. The number of ether oxygens (including phenoxy) is 1. The van der Waals surface area contributed by atoms with Crippen LogP contribution in [-0.2, 0) is 24.4 Å². The van der Waals surface area contributed by atoms with Crippen LogP contribution in [0.15, 0.2) is 79.1 Å². The van der Waals surface area contributed by atoms with E-state index in [1.54, 1.807) is 0 Å². The Kier molecular flexibility index (Phi) is 5.80. The van der Waals surface area contributed by atoms with Gasteiger partial charge in [-0.15, -0.1) is 0 Å². The van der Waals surface area contributed by atoms with E-state index in [1.165, 1.54) is 16.7 Å². The molecule has 0 radical (unpaired) electrons. The molecule has 142 valence electrons. The number of hydrogen-bond donors (Lipinski definition) is 1. The second-order valence-corrected chi connectivity index (χ2v) is 6.83. The van der Waals surface area contributed by atoms with Crippen molar-refractivity contribution >= 4 is 11.0 Å². The molecule has 4 heteroatoms. The predicted molar refractivity (Wildman–Crippen MR) is 113 cm³/mol. The number of imidazole rings is 1. The maximum atomic E-state index is 5.44. The molecule has 0 aliphatic heterocycles. The minimum absolute atomic E-state index is 0.683. The molecular formula is C24H25N3O. The Hall–Kier alpha value is -2.95. The van der Waals surface area contributed by atoms with E-state index in [9.17, 15) is 0 Å². The zero-order valence-electron chi connectivity index (χ0n) is 16.1. The molecule has 0 saturated heterocycles. The molecule has 0 saturated carbocycles. The van der Waals surface area contributed by atoms with Crippen LogP contribution in [0, 0.1) is 0 Å². The van der Waals surface area contributed by atoms with Crippen molar-refractivity contribution in [2.75, 3.05) is 6.61 Å². The number of nitrogens with one attached hydrogen (secondary N) is 1. The maximum absolute atomic E-state index is 5.44. The zero-order chi connectivity index (χ0) is 19.2. The fourth-order valence-electron chi connectivity index (χ4n) is 3.26. The van der Waals surface area contributed by atoms with Gasteiger partial charge in [-0.2, -0.15) is 0 Å². The third-order valence-electron chi connectivity index (χ3n) is 4.82. The highest BCUT2D eigenvalue weighted by atomic mass is 16.5. The molecule has 3 aromatic carbocycles. The molecule has 1 aromatic heterocycles. The summed E-state index contributed by atoms with van der Waals surface area (Å²) in [6, 6.07) is 25.4. The molecule has 0 aliphatic rings. The molecule has 0 spiro atoms. The monoisotopic (exact) mass is 371 g/mol. The van der Waals surface area contributed by atoms with Crippen LogP contribution in [0.2, 0.25) is 0 Å². The molecule has 0 bridgehead atoms. The van der Waals surface area contributed by atoms with Crippen LogP contribution in [0.25, 0.3) is 16.7 Å². The molecule has 4 aromatic rings. The lowest BCUT2D eigenvalue weighted by Crippen LogP contribution is -2.12. The van der Waals surface area contributed by atoms with E-state index in [2.05, 4.69) is 69.5 Å². The first-order valence-corrected chi connectivity index (χ1v) is 9.71. The Bertz CT molecular complexity index is 1020. The standard InChI is InChI=1S/C24H25N3O/c1-2-28-17-21-9-7-19(8-10-21)15-25-16-20-11-13-22(14-12-20)27-18-26-23-5-3-4-6-24(23)27/h3-14,18,25H,2,15-17H2,1H3. The minimum atomic E-state index is 0.683. The van der Waals surface area contributed by atoms with Gasteiger partial charge in [-0.3, -0.25) is 4.57 Å². The predicted octanol–water partition coefficient (Wildman–Crippen LogP) is 4.85. The average Bonchev–Trinajstić information content (AvgIpc) is 3.18. The summed E-state index contributed by atoms with van der Waals surface area (Å²) >= 11 is 0. The Morgan fingerprint density at radius 3 is 2.18 bits per heavy atom. The number of fused-ring (bicyclic) bond motifs is 1. The number of benzene rings is 3. The van der Waals surface area contributed by atoms with Crippen LogP contribution in [-0.4, -0.2) is 16.2 Å². The largest absolute Gasteiger partial charge is 0.377 e. The van der Waals surface area contributed by atoms with Crippen molar-refractivity contribution in [3.05, 3.63) is 95.8 Å². The summed E-state index contributed by atoms with van der Waals surface area (Å²) in [4.78, 5) is 4.47. The summed E-state index contributed by atoms with van der Waals surface area (Å²) < 4.78 is 7.56. The van der Waals surface area contributed by atoms with Gasteiger partial charge >= 0.3 is 0 Å². The van der Waals surface area contributed by atoms with Gasteiger partial charge in [-0.25, -0.2) is 4.98 Å². The highest BCUT2D eigenvalue weighted by Crippen LogP contribution is 2.18. The molecule has 4 rings (SSSR count). The highest BCUT2D eigenvalue weighted by molar-refractivity contribution is 5.77. The van der Waals surface area contributed by atoms with Crippen molar-refractivity contribution in [1.29, 1.82) is 0 Å². The van der Waals surface area contributed by atoms with Gasteiger partial charge in [0, 0.05) is 25.4 Å². The molecule has 1 N–H and O–H groups in total. The highest BCUT2D eigenvalue weighted by Gasteiger charge is 2.04. The summed E-state index contributed by atoms with van der Waals surface area (Å²) in [5.41, 5.74) is 7.03. The van der Waals surface area contributed by atoms with Gasteiger partial charge in [0.1, 0.15) is 6.33 Å². The summed E-state index contributed by atoms with van der Waals surface area (Å²) in [5, 5.41) is 3.51. The number of nitrogens with zero attached hydrogens (tertiary/aromatic N) is 2. The van der Waals surface area contributed by atoms with E-state index in [4.69, 9.17) is 4.74 Å². The molecule has 0 aliphatic carbocycles. The zero-order valence-corrected chi connectivity index (χ0v) is 16.1. The first-order valence-electron chi connectivity index (χ1n) is 9.71. The summed E-state index contributed by atoms with van der Waals surface area (Å²) in [5.74, 6) is 0. The first-order chi connectivity index (χ1) is 13.8. The van der Waals surface area contributed by atoms with Crippen LogP contribution in [0.1, 0.15) is 23.6 Å². The van der Waals surface area contributed by atoms with Crippen LogP contribution in [0.5, 0.6) is 0 Å². The molecule has 4 nitrogen and oxygen atoms in total. The van der Waals surface area contributed by atoms with Gasteiger partial charge in [0.05, 0.1) is 17.6 Å². The van der Waals surface area contributed by atoms with E-state index in [1.807, 2.05) is 31.5 Å². The molecule has 0 amide bonds. The Morgan fingerprint density at radius 2 is 1.46 bits per heavy atom. The third kappa shape index (κ3) is 4.30. The van der Waals surface area contributed by atoms with Crippen LogP contribution >= 0.6 is 0 Å². The van der Waals surface area contributed by atoms with Gasteiger partial charge in [-0.1, -0.05) is 48.5 Å². The topological polar surface area (TPSA) is 39.1 Å². The smallest absolute Gasteiger partial charge is 0.100 e. The lowest BCUT2D eigenvalue weighted by molar-refractivity contribution is 0.134. The Balaban J connectivity index is 1.33. The van der Waals surface area contributed by atoms with Gasteiger partial charge in [-0.05, 0) is 47.9 Å². The van der Waals surface area contributed by atoms with E-state index in [0.717, 1.165) is 36.4 Å². The summed E-state index contributed by atoms with van der Waals surface area (Å²) in [7, 11) is 0. The van der Waals surface area contributed by atoms with Crippen LogP contribution in [0.4, 0.5) is 0 Å². The third-order valence-corrected chi connectivity index (χ3v) is 4.82. The van der Waals surface area contributed by atoms with Crippen molar-refractivity contribution < 1.29 is 4.74 Å². The van der Waals surface area contributed by atoms with Gasteiger partial charge < -0.3 is 10.1 Å². The lowest BCUT2D eigenvalue weighted by atomic mass is 10.1. The van der Waals surface area contributed by atoms with Crippen molar-refractivity contribution in [2.24, 2.45) is 0 Å². The number of rotatable bonds is 8. The molecule has 0 unspecified atom stereocenters. The van der Waals surface area contributed by atoms with Crippen molar-refractivity contribution in [1.82, 2.24) is 14.9 Å². The second-order valence-electron chi connectivity index (χ2n) is 6.83. The number of hydrogen-bond acceptors (Lipinski definition) is 3. The van der Waals surface area contributed by atoms with Crippen molar-refractivity contribution in [3.63, 3.8) is 0 Å². The molecule has 0 fully saturated rings. The molecule has 0 atom stereocenters. The van der Waals surface area contributed by atoms with Crippen LogP contribution in [0.3, 0.4) is 0 Å². The van der Waals surface area contributed by atoms with E-state index >= 15 is 0 Å². The van der Waals surface area contributed by atoms with Gasteiger partial charge in [0.2, 0.25) is 0 Å². The first kappa shape index (κ1) is 18.4. The van der Waals surface area contributed by atoms with Crippen LogP contribution < -0.4 is 5.32 Å². The fourth-order valence-corrected chi connectivity index (χ4v) is 3.26. The normalized spacial score (nSPS) is 11.2. The van der Waals surface area contributed by atoms with E-state index < -0.39 is 0 Å². The number of aromatic nitrogens is 2. The SMILES string of the molecule is CCOCc1ccc(CNCc2ccc(-n3cnc4ccccc43)cc2)cc1. The van der Waals surface area contributed by atoms with E-state index in [-0.39, 0.29) is 0 Å². The molecular weight excluding hydrogens is 346 g/mol. The Morgan fingerprint density at radius 1 is 0.821 bits per heavy atom. The summed E-state index contributed by atoms with van der Waals surface area (Å²) in [6.45, 7) is 5.14. The average molecular weight is 371 g/mol. The van der Waals surface area contributed by atoms with E-state index in [0.29, 0.717) is 6.61 Å². The second kappa shape index (κ2) is 8.83. The lowest BCUT2D eigenvalue weighted by Gasteiger charge is -2.08. The van der Waals surface area contributed by atoms with Crippen molar-refractivity contribution in [3.8, 4) is 5.69 Å². The summed E-state index contributed by atoms with van der Waals surface area (Å²) in [6.07, 6.45) is 1.88. The van der Waals surface area contributed by atoms with Gasteiger partial charge in [0.15, 0.2) is 0 Å². The number of para-hydroxylation sites is 2. The quantitative estimate of drug-likeness (QED) is 0.481. The Labute approximate surface area is 165 Å².